The van der Waals surface area contributed by atoms with E-state index in [9.17, 15) is 4.79 Å². The number of nitrogens with zero attached hydrogens (tertiary/aromatic N) is 5. The van der Waals surface area contributed by atoms with E-state index in [4.69, 9.17) is 19.7 Å². The first-order valence-electron chi connectivity index (χ1n) is 11.1. The summed E-state index contributed by atoms with van der Waals surface area (Å²) in [5, 5.41) is 0.436. The summed E-state index contributed by atoms with van der Waals surface area (Å²) in [6.07, 6.45) is 1.57. The van der Waals surface area contributed by atoms with Gasteiger partial charge in [0.25, 0.3) is 5.56 Å². The predicted octanol–water partition coefficient (Wildman–Crippen LogP) is 4.98. The van der Waals surface area contributed by atoms with Crippen LogP contribution in [-0.2, 0) is 0 Å². The maximum Gasteiger partial charge on any atom is 0.269 e. The van der Waals surface area contributed by atoms with Gasteiger partial charge < -0.3 is 4.74 Å². The molecule has 7 nitrogen and oxygen atoms in total. The Morgan fingerprint density at radius 2 is 1.62 bits per heavy atom. The molecule has 0 saturated heterocycles. The van der Waals surface area contributed by atoms with Crippen LogP contribution in [0.2, 0.25) is 0 Å². The number of para-hydroxylation sites is 2. The number of rotatable bonds is 4. The van der Waals surface area contributed by atoms with E-state index in [2.05, 4.69) is 0 Å². The highest BCUT2D eigenvalue weighted by Crippen LogP contribution is 2.29. The summed E-state index contributed by atoms with van der Waals surface area (Å²) in [7, 11) is 0. The fourth-order valence-corrected chi connectivity index (χ4v) is 4.30. The summed E-state index contributed by atoms with van der Waals surface area (Å²) < 4.78 is 9.05. The van der Waals surface area contributed by atoms with Crippen molar-refractivity contribution in [2.45, 2.75) is 13.8 Å². The number of aromatic nitrogens is 5. The maximum absolute atomic E-state index is 13.8. The summed E-state index contributed by atoms with van der Waals surface area (Å²) in [4.78, 5) is 28.3. The van der Waals surface area contributed by atoms with Crippen LogP contribution in [0.5, 0.6) is 5.75 Å². The van der Waals surface area contributed by atoms with Gasteiger partial charge in [0.05, 0.1) is 23.3 Å². The molecule has 3 aromatic carbocycles. The smallest absolute Gasteiger partial charge is 0.269 e. The largest absolute Gasteiger partial charge is 0.494 e. The first-order valence-corrected chi connectivity index (χ1v) is 11.1. The molecule has 0 fully saturated rings. The normalized spacial score (nSPS) is 11.5. The third-order valence-corrected chi connectivity index (χ3v) is 5.85. The van der Waals surface area contributed by atoms with Gasteiger partial charge >= 0.3 is 0 Å². The van der Waals surface area contributed by atoms with Crippen LogP contribution >= 0.6 is 0 Å². The van der Waals surface area contributed by atoms with E-state index in [1.165, 1.54) is 0 Å². The lowest BCUT2D eigenvalue weighted by Gasteiger charge is -2.09. The molecule has 0 aliphatic carbocycles. The molecular formula is C27H21N5O2. The highest BCUT2D eigenvalue weighted by atomic mass is 16.5. The Morgan fingerprint density at radius 1 is 0.853 bits per heavy atom. The third kappa shape index (κ3) is 3.13. The minimum absolute atomic E-state index is 0.185. The summed E-state index contributed by atoms with van der Waals surface area (Å²) >= 11 is 0. The van der Waals surface area contributed by atoms with Crippen molar-refractivity contribution < 1.29 is 4.74 Å². The number of hydrogen-bond donors (Lipinski definition) is 0. The van der Waals surface area contributed by atoms with Gasteiger partial charge in [0, 0.05) is 5.69 Å². The number of hydrogen-bond acceptors (Lipinski definition) is 5. The fraction of sp³-hybridized carbons (Fsp3) is 0.111. The van der Waals surface area contributed by atoms with Gasteiger partial charge in [-0.05, 0) is 67.9 Å². The highest BCUT2D eigenvalue weighted by Gasteiger charge is 2.21. The predicted molar refractivity (Wildman–Crippen MR) is 133 cm³/mol. The second kappa shape index (κ2) is 7.81. The third-order valence-electron chi connectivity index (χ3n) is 5.85. The van der Waals surface area contributed by atoms with Crippen LogP contribution in [0.25, 0.3) is 44.6 Å². The summed E-state index contributed by atoms with van der Waals surface area (Å²) in [5.74, 6) is 0.776. The van der Waals surface area contributed by atoms with Crippen molar-refractivity contribution in [2.24, 2.45) is 0 Å². The molecule has 0 radical (unpaired) electrons. The average Bonchev–Trinajstić information content (AvgIpc) is 3.17. The molecule has 0 amide bonds. The zero-order chi connectivity index (χ0) is 23.2. The highest BCUT2D eigenvalue weighted by molar-refractivity contribution is 6.05. The molecule has 0 atom stereocenters. The lowest BCUT2D eigenvalue weighted by Crippen LogP contribution is -2.19. The van der Waals surface area contributed by atoms with Gasteiger partial charge in [-0.15, -0.1) is 0 Å². The molecule has 0 saturated carbocycles. The number of ether oxygens (including phenoxy) is 1. The van der Waals surface area contributed by atoms with Crippen molar-refractivity contribution in [1.29, 1.82) is 0 Å². The molecule has 3 aromatic heterocycles. The lowest BCUT2D eigenvalue weighted by molar-refractivity contribution is 0.340. The van der Waals surface area contributed by atoms with Crippen LogP contribution in [0.4, 0.5) is 0 Å². The Labute approximate surface area is 194 Å². The molecule has 0 aliphatic heterocycles. The molecule has 0 spiro atoms. The van der Waals surface area contributed by atoms with Crippen LogP contribution in [0, 0.1) is 6.92 Å². The minimum Gasteiger partial charge on any atom is -0.494 e. The molecule has 0 N–H and O–H groups in total. The Kier molecular flexibility index (Phi) is 4.62. The number of benzene rings is 3. The van der Waals surface area contributed by atoms with Crippen LogP contribution in [-0.4, -0.2) is 30.7 Å². The first-order chi connectivity index (χ1) is 16.6. The number of aryl methyl sites for hydroxylation is 1. The zero-order valence-corrected chi connectivity index (χ0v) is 18.8. The second-order valence-electron chi connectivity index (χ2n) is 8.10. The van der Waals surface area contributed by atoms with Crippen LogP contribution in [0.3, 0.4) is 0 Å². The standard InChI is InChI=1S/C27H21N5O2/c1-3-34-20-13-11-18(12-14-20)32-25-23(24-26(32)30-22-10-5-4-9-21(22)29-24)27(33)31(16-28-25)19-8-6-7-17(2)15-19/h4-16H,3H2,1-2H3. The Hall–Kier alpha value is -4.52. The quantitative estimate of drug-likeness (QED) is 0.381. The fourth-order valence-electron chi connectivity index (χ4n) is 4.30. The Morgan fingerprint density at radius 3 is 2.35 bits per heavy atom. The molecule has 166 valence electrons. The monoisotopic (exact) mass is 447 g/mol. The first kappa shape index (κ1) is 20.1. The Bertz CT molecular complexity index is 1750. The van der Waals surface area contributed by atoms with Gasteiger partial charge in [0.15, 0.2) is 11.3 Å². The molecule has 0 bridgehead atoms. The molecular weight excluding hydrogens is 426 g/mol. The average molecular weight is 447 g/mol. The number of fused-ring (bicyclic) bond motifs is 4. The van der Waals surface area contributed by atoms with Crippen molar-refractivity contribution in [3.05, 3.63) is 95.0 Å². The van der Waals surface area contributed by atoms with Gasteiger partial charge in [-0.1, -0.05) is 24.3 Å². The zero-order valence-electron chi connectivity index (χ0n) is 18.8. The van der Waals surface area contributed by atoms with Crippen molar-refractivity contribution in [3.8, 4) is 17.1 Å². The molecule has 3 heterocycles. The van der Waals surface area contributed by atoms with E-state index in [0.29, 0.717) is 28.8 Å². The minimum atomic E-state index is -0.185. The van der Waals surface area contributed by atoms with E-state index in [0.717, 1.165) is 33.7 Å². The molecule has 0 aliphatic rings. The van der Waals surface area contributed by atoms with E-state index >= 15 is 0 Å². The second-order valence-corrected chi connectivity index (χ2v) is 8.10. The van der Waals surface area contributed by atoms with Gasteiger partial charge in [0.2, 0.25) is 0 Å². The van der Waals surface area contributed by atoms with Crippen LogP contribution < -0.4 is 10.3 Å². The molecule has 0 unspecified atom stereocenters. The molecule has 7 heteroatoms. The maximum atomic E-state index is 13.8. The summed E-state index contributed by atoms with van der Waals surface area (Å²) in [6.45, 7) is 4.53. The summed E-state index contributed by atoms with van der Waals surface area (Å²) in [5.41, 5.74) is 5.58. The van der Waals surface area contributed by atoms with Crippen LogP contribution in [0.1, 0.15) is 12.5 Å². The van der Waals surface area contributed by atoms with E-state index in [-0.39, 0.29) is 5.56 Å². The van der Waals surface area contributed by atoms with E-state index in [1.54, 1.807) is 10.9 Å². The van der Waals surface area contributed by atoms with Crippen LogP contribution in [0.15, 0.2) is 83.9 Å². The summed E-state index contributed by atoms with van der Waals surface area (Å²) in [6, 6.07) is 23.1. The SMILES string of the molecule is CCOc1ccc(-n2c3nc4ccccc4nc3c3c(=O)n(-c4cccc(C)c4)cnc32)cc1. The molecule has 6 rings (SSSR count). The van der Waals surface area contributed by atoms with Gasteiger partial charge in [-0.2, -0.15) is 0 Å². The van der Waals surface area contributed by atoms with Gasteiger partial charge in [-0.25, -0.2) is 15.0 Å². The Balaban J connectivity index is 1.71. The van der Waals surface area contributed by atoms with E-state index < -0.39 is 0 Å². The van der Waals surface area contributed by atoms with Crippen molar-refractivity contribution >= 4 is 33.2 Å². The lowest BCUT2D eigenvalue weighted by atomic mass is 10.2. The van der Waals surface area contributed by atoms with Gasteiger partial charge in [0.1, 0.15) is 23.0 Å². The topological polar surface area (TPSA) is 74.8 Å². The van der Waals surface area contributed by atoms with Crippen molar-refractivity contribution in [2.75, 3.05) is 6.61 Å². The van der Waals surface area contributed by atoms with Gasteiger partial charge in [-0.3, -0.25) is 13.9 Å². The van der Waals surface area contributed by atoms with Crippen molar-refractivity contribution in [1.82, 2.24) is 24.1 Å². The van der Waals surface area contributed by atoms with E-state index in [1.807, 2.05) is 91.2 Å². The molecule has 6 aromatic rings. The van der Waals surface area contributed by atoms with Crippen molar-refractivity contribution in [3.63, 3.8) is 0 Å². The molecule has 34 heavy (non-hydrogen) atoms.